The summed E-state index contributed by atoms with van der Waals surface area (Å²) in [6, 6.07) is 18.6. The van der Waals surface area contributed by atoms with E-state index in [2.05, 4.69) is 9.97 Å². The van der Waals surface area contributed by atoms with Crippen LogP contribution in [0.4, 0.5) is 14.0 Å². The van der Waals surface area contributed by atoms with Gasteiger partial charge in [-0.25, -0.2) is 19.0 Å². The van der Waals surface area contributed by atoms with Crippen LogP contribution >= 0.6 is 0 Å². The molecular weight excluding hydrogens is 742 g/mol. The van der Waals surface area contributed by atoms with Gasteiger partial charge < -0.3 is 29.5 Å². The number of aromatic nitrogens is 3. The zero-order chi connectivity index (χ0) is 42.4. The fraction of sp³-hybridized carbons (Fsp3) is 0.356. The number of rotatable bonds is 12. The van der Waals surface area contributed by atoms with Crippen LogP contribution < -0.4 is 5.56 Å². The maximum Gasteiger partial charge on any atom is 0.410 e. The van der Waals surface area contributed by atoms with Gasteiger partial charge in [0.05, 0.1) is 37.6 Å². The van der Waals surface area contributed by atoms with Gasteiger partial charge in [0.2, 0.25) is 0 Å². The van der Waals surface area contributed by atoms with Gasteiger partial charge in [0.25, 0.3) is 5.56 Å². The number of pyridine rings is 2. The predicted octanol–water partition coefficient (Wildman–Crippen LogP) is 7.97. The first-order chi connectivity index (χ1) is 27.4. The summed E-state index contributed by atoms with van der Waals surface area (Å²) in [7, 11) is 0. The summed E-state index contributed by atoms with van der Waals surface area (Å²) in [6.45, 7) is 14.1. The molecule has 2 N–H and O–H groups in total. The molecule has 5 aromatic rings. The third-order valence-electron chi connectivity index (χ3n) is 9.22. The number of aliphatic hydroxyl groups is 2. The van der Waals surface area contributed by atoms with Gasteiger partial charge in [-0.3, -0.25) is 14.2 Å². The van der Waals surface area contributed by atoms with E-state index in [-0.39, 0.29) is 56.2 Å². The van der Waals surface area contributed by atoms with E-state index in [0.29, 0.717) is 16.8 Å². The minimum Gasteiger partial charge on any atom is -0.444 e. The molecule has 0 aliphatic rings. The van der Waals surface area contributed by atoms with Gasteiger partial charge in [0, 0.05) is 31.7 Å². The highest BCUT2D eigenvalue weighted by atomic mass is 19.1. The molecule has 0 atom stereocenters. The summed E-state index contributed by atoms with van der Waals surface area (Å²) in [5.74, 6) is -0.523. The molecule has 0 unspecified atom stereocenters. The van der Waals surface area contributed by atoms with E-state index in [0.717, 1.165) is 33.4 Å². The molecule has 58 heavy (non-hydrogen) atoms. The number of fused-ring (bicyclic) bond motifs is 1. The summed E-state index contributed by atoms with van der Waals surface area (Å²) >= 11 is 0. The van der Waals surface area contributed by atoms with Crippen LogP contribution in [0.25, 0.3) is 39.8 Å². The van der Waals surface area contributed by atoms with E-state index in [1.807, 2.05) is 62.4 Å². The van der Waals surface area contributed by atoms with E-state index in [9.17, 15) is 24.6 Å². The van der Waals surface area contributed by atoms with Crippen LogP contribution in [-0.2, 0) is 22.6 Å². The Bertz CT molecular complexity index is 2360. The molecule has 0 spiro atoms. The molecule has 306 valence electrons. The number of benzene rings is 2. The number of aliphatic hydroxyl groups excluding tert-OH is 2. The van der Waals surface area contributed by atoms with Crippen LogP contribution in [0.3, 0.4) is 0 Å². The van der Waals surface area contributed by atoms with Crippen LogP contribution in [0.15, 0.2) is 84.0 Å². The van der Waals surface area contributed by atoms with Crippen molar-refractivity contribution in [3.8, 4) is 22.3 Å². The van der Waals surface area contributed by atoms with Gasteiger partial charge in [-0.1, -0.05) is 42.5 Å². The monoisotopic (exact) mass is 793 g/mol. The standard InChI is InChI=1S/C45H52FN5O7/c1-29-32(23-38(46)39-16-15-31(25-47-39)27-49(19-21-52)42(55)57-44(3,4)5)11-9-13-36(29)37-14-10-12-35(30(37)2)33-17-18-51-40(24-33)48-26-34(41(51)54)28-50(20-22-53)43(56)58-45(6,7)8/h9-18,23-26,52-53H,19-22,27-28H2,1-8H3/b38-23-. The fourth-order valence-corrected chi connectivity index (χ4v) is 6.39. The van der Waals surface area contributed by atoms with E-state index in [1.165, 1.54) is 32.7 Å². The maximum absolute atomic E-state index is 15.7. The highest BCUT2D eigenvalue weighted by molar-refractivity contribution is 5.84. The Morgan fingerprint density at radius 1 is 0.776 bits per heavy atom. The molecule has 2 amide bonds. The molecule has 0 radical (unpaired) electrons. The number of nitrogens with zero attached hydrogens (tertiary/aromatic N) is 5. The quantitative estimate of drug-likeness (QED) is 0.128. The van der Waals surface area contributed by atoms with Gasteiger partial charge in [-0.05, 0) is 124 Å². The zero-order valence-corrected chi connectivity index (χ0v) is 34.4. The number of carbonyl (C=O) groups is 2. The molecule has 13 heteroatoms. The lowest BCUT2D eigenvalue weighted by atomic mass is 9.89. The van der Waals surface area contributed by atoms with Crippen molar-refractivity contribution in [3.63, 3.8) is 0 Å². The molecule has 0 saturated heterocycles. The second-order valence-corrected chi connectivity index (χ2v) is 16.0. The van der Waals surface area contributed by atoms with E-state index < -0.39 is 29.2 Å². The first-order valence-electron chi connectivity index (χ1n) is 19.1. The highest BCUT2D eigenvalue weighted by Crippen LogP contribution is 2.35. The topological polar surface area (TPSA) is 147 Å². The van der Waals surface area contributed by atoms with E-state index in [1.54, 1.807) is 59.9 Å². The van der Waals surface area contributed by atoms with Crippen LogP contribution in [0.2, 0.25) is 0 Å². The van der Waals surface area contributed by atoms with Crippen molar-refractivity contribution in [2.75, 3.05) is 26.3 Å². The molecule has 0 aliphatic carbocycles. The molecule has 2 aromatic carbocycles. The SMILES string of the molecule is Cc1c(/C=C(\F)c2ccc(CN(CCO)C(=O)OC(C)(C)C)cn2)cccc1-c1cccc(-c2ccn3c(=O)c(CN(CCO)C(=O)OC(C)(C)C)cnc3c2)c1C. The average Bonchev–Trinajstić information content (AvgIpc) is 3.15. The van der Waals surface area contributed by atoms with Crippen LogP contribution in [0, 0.1) is 13.8 Å². The van der Waals surface area contributed by atoms with Crippen molar-refractivity contribution in [1.29, 1.82) is 0 Å². The second kappa shape index (κ2) is 18.1. The Morgan fingerprint density at radius 2 is 1.36 bits per heavy atom. The fourth-order valence-electron chi connectivity index (χ4n) is 6.39. The third-order valence-corrected chi connectivity index (χ3v) is 9.22. The summed E-state index contributed by atoms with van der Waals surface area (Å²) in [4.78, 5) is 50.4. The molecule has 5 rings (SSSR count). The normalized spacial score (nSPS) is 12.1. The molecule has 12 nitrogen and oxygen atoms in total. The van der Waals surface area contributed by atoms with E-state index in [4.69, 9.17) is 9.47 Å². The van der Waals surface area contributed by atoms with Crippen molar-refractivity contribution in [1.82, 2.24) is 24.2 Å². The Morgan fingerprint density at radius 3 is 1.95 bits per heavy atom. The van der Waals surface area contributed by atoms with Crippen molar-refractivity contribution < 1.29 is 33.7 Å². The van der Waals surface area contributed by atoms with E-state index >= 15 is 4.39 Å². The molecule has 0 aliphatic heterocycles. The predicted molar refractivity (Wildman–Crippen MR) is 222 cm³/mol. The largest absolute Gasteiger partial charge is 0.444 e. The highest BCUT2D eigenvalue weighted by Gasteiger charge is 2.24. The Hall–Kier alpha value is -5.92. The molecule has 0 fully saturated rings. The Balaban J connectivity index is 1.38. The molecule has 0 bridgehead atoms. The van der Waals surface area contributed by atoms with Gasteiger partial charge in [0.15, 0.2) is 0 Å². The number of hydrogen-bond donors (Lipinski definition) is 2. The van der Waals surface area contributed by atoms with Crippen LogP contribution in [-0.4, -0.2) is 84.1 Å². The molecule has 3 aromatic heterocycles. The first kappa shape index (κ1) is 43.2. The number of carbonyl (C=O) groups excluding carboxylic acids is 2. The summed E-state index contributed by atoms with van der Waals surface area (Å²) < 4.78 is 28.1. The van der Waals surface area contributed by atoms with Crippen LogP contribution in [0.1, 0.15) is 75.1 Å². The van der Waals surface area contributed by atoms with Crippen molar-refractivity contribution >= 4 is 29.7 Å². The molecule has 3 heterocycles. The maximum atomic E-state index is 15.7. The van der Waals surface area contributed by atoms with Gasteiger partial charge in [0.1, 0.15) is 22.7 Å². The average molecular weight is 794 g/mol. The zero-order valence-electron chi connectivity index (χ0n) is 34.4. The van der Waals surface area contributed by atoms with Gasteiger partial charge in [-0.2, -0.15) is 0 Å². The minimum atomic E-state index is -0.740. The molecular formula is C45H52FN5O7. The minimum absolute atomic E-state index is 0.00351. The lowest BCUT2D eigenvalue weighted by Gasteiger charge is -2.27. The number of halogens is 1. The second-order valence-electron chi connectivity index (χ2n) is 16.0. The molecule has 0 saturated carbocycles. The van der Waals surface area contributed by atoms with Crippen LogP contribution in [0.5, 0.6) is 0 Å². The van der Waals surface area contributed by atoms with Crippen molar-refractivity contribution in [3.05, 3.63) is 123 Å². The van der Waals surface area contributed by atoms with Crippen molar-refractivity contribution in [2.24, 2.45) is 0 Å². The first-order valence-corrected chi connectivity index (χ1v) is 19.1. The lowest BCUT2D eigenvalue weighted by Crippen LogP contribution is -2.39. The summed E-state index contributed by atoms with van der Waals surface area (Å²) in [5, 5.41) is 19.0. The lowest BCUT2D eigenvalue weighted by molar-refractivity contribution is 0.0192. The van der Waals surface area contributed by atoms with Crippen molar-refractivity contribution in [2.45, 2.75) is 79.7 Å². The Labute approximate surface area is 338 Å². The summed E-state index contributed by atoms with van der Waals surface area (Å²) in [6.07, 6.45) is 4.87. The van der Waals surface area contributed by atoms with Gasteiger partial charge >= 0.3 is 12.2 Å². The number of ether oxygens (including phenoxy) is 2. The van der Waals surface area contributed by atoms with Gasteiger partial charge in [-0.15, -0.1) is 0 Å². The number of hydrogen-bond acceptors (Lipinski definition) is 9. The Kier molecular flexibility index (Phi) is 13.5. The smallest absolute Gasteiger partial charge is 0.410 e. The summed E-state index contributed by atoms with van der Waals surface area (Å²) in [5.41, 5.74) is 5.90. The number of amides is 2. The third kappa shape index (κ3) is 10.7.